The Morgan fingerprint density at radius 3 is 2.59 bits per heavy atom. The first-order valence-electron chi connectivity index (χ1n) is 7.82. The van der Waals surface area contributed by atoms with Gasteiger partial charge < -0.3 is 4.90 Å². The van der Waals surface area contributed by atoms with Crippen molar-refractivity contribution < 1.29 is 0 Å². The number of hydrogen-bond acceptors (Lipinski definition) is 1. The number of nitrogens with zero attached hydrogens (tertiary/aromatic N) is 1. The standard InChI is InChI=1S/C16H33N/c1-6-8-10-13(3)16-14(4)15(7-2)11-9-12-17(16)5/h13-16H,6-12H2,1-5H3. The van der Waals surface area contributed by atoms with Gasteiger partial charge in [-0.3, -0.25) is 0 Å². The number of unbranched alkanes of at least 4 members (excludes halogenated alkanes) is 1. The minimum absolute atomic E-state index is 0.814. The van der Waals surface area contributed by atoms with Crippen molar-refractivity contribution in [3.05, 3.63) is 0 Å². The quantitative estimate of drug-likeness (QED) is 0.679. The molecular weight excluding hydrogens is 206 g/mol. The molecule has 0 N–H and O–H groups in total. The van der Waals surface area contributed by atoms with Crippen LogP contribution in [0.3, 0.4) is 0 Å². The van der Waals surface area contributed by atoms with Crippen molar-refractivity contribution in [2.75, 3.05) is 13.6 Å². The van der Waals surface area contributed by atoms with Crippen LogP contribution in [-0.4, -0.2) is 24.5 Å². The van der Waals surface area contributed by atoms with Gasteiger partial charge in [-0.25, -0.2) is 0 Å². The lowest BCUT2D eigenvalue weighted by Crippen LogP contribution is -2.42. The monoisotopic (exact) mass is 239 g/mol. The van der Waals surface area contributed by atoms with E-state index in [0.29, 0.717) is 0 Å². The molecule has 1 saturated heterocycles. The van der Waals surface area contributed by atoms with Crippen molar-refractivity contribution in [1.29, 1.82) is 0 Å². The van der Waals surface area contributed by atoms with Crippen molar-refractivity contribution >= 4 is 0 Å². The zero-order valence-corrected chi connectivity index (χ0v) is 12.7. The van der Waals surface area contributed by atoms with Crippen LogP contribution >= 0.6 is 0 Å². The summed E-state index contributed by atoms with van der Waals surface area (Å²) in [4.78, 5) is 2.65. The third-order valence-corrected chi connectivity index (χ3v) is 5.00. The smallest absolute Gasteiger partial charge is 0.0146 e. The molecule has 4 unspecified atom stereocenters. The Bertz CT molecular complexity index is 202. The number of likely N-dealkylation sites (tertiary alicyclic amines) is 1. The first-order valence-corrected chi connectivity index (χ1v) is 7.82. The third-order valence-electron chi connectivity index (χ3n) is 5.00. The molecule has 0 radical (unpaired) electrons. The Hall–Kier alpha value is -0.0400. The van der Waals surface area contributed by atoms with Crippen LogP contribution in [0, 0.1) is 17.8 Å². The van der Waals surface area contributed by atoms with E-state index in [1.807, 2.05) is 0 Å². The Kier molecular flexibility index (Phi) is 6.54. The highest BCUT2D eigenvalue weighted by molar-refractivity contribution is 4.86. The summed E-state index contributed by atoms with van der Waals surface area (Å²) >= 11 is 0. The zero-order chi connectivity index (χ0) is 12.8. The van der Waals surface area contributed by atoms with Gasteiger partial charge in [-0.15, -0.1) is 0 Å². The van der Waals surface area contributed by atoms with Gasteiger partial charge in [0.15, 0.2) is 0 Å². The van der Waals surface area contributed by atoms with E-state index in [-0.39, 0.29) is 0 Å². The summed E-state index contributed by atoms with van der Waals surface area (Å²) < 4.78 is 0. The van der Waals surface area contributed by atoms with Gasteiger partial charge in [0.25, 0.3) is 0 Å². The largest absolute Gasteiger partial charge is 0.303 e. The molecule has 4 atom stereocenters. The molecule has 0 amide bonds. The van der Waals surface area contributed by atoms with E-state index in [4.69, 9.17) is 0 Å². The minimum atomic E-state index is 0.814. The van der Waals surface area contributed by atoms with Crippen LogP contribution in [0.25, 0.3) is 0 Å². The van der Waals surface area contributed by atoms with E-state index < -0.39 is 0 Å². The van der Waals surface area contributed by atoms with Crippen LogP contribution in [0.5, 0.6) is 0 Å². The zero-order valence-electron chi connectivity index (χ0n) is 12.7. The van der Waals surface area contributed by atoms with Crippen LogP contribution in [0.1, 0.15) is 66.2 Å². The van der Waals surface area contributed by atoms with Crippen molar-refractivity contribution in [3.63, 3.8) is 0 Å². The molecule has 0 aliphatic carbocycles. The molecule has 17 heavy (non-hydrogen) atoms. The van der Waals surface area contributed by atoms with Crippen molar-refractivity contribution in [2.45, 2.75) is 72.3 Å². The second kappa shape index (κ2) is 7.41. The highest BCUT2D eigenvalue weighted by Gasteiger charge is 2.33. The molecule has 0 aromatic carbocycles. The van der Waals surface area contributed by atoms with Gasteiger partial charge in [0, 0.05) is 6.04 Å². The fraction of sp³-hybridized carbons (Fsp3) is 1.00. The summed E-state index contributed by atoms with van der Waals surface area (Å²) in [6.45, 7) is 11.0. The average Bonchev–Trinajstić information content (AvgIpc) is 2.45. The highest BCUT2D eigenvalue weighted by Crippen LogP contribution is 2.34. The highest BCUT2D eigenvalue weighted by atomic mass is 15.1. The summed E-state index contributed by atoms with van der Waals surface area (Å²) in [6, 6.07) is 0.814. The van der Waals surface area contributed by atoms with E-state index >= 15 is 0 Å². The van der Waals surface area contributed by atoms with Crippen molar-refractivity contribution in [3.8, 4) is 0 Å². The molecule has 1 heterocycles. The lowest BCUT2D eigenvalue weighted by molar-refractivity contribution is 0.113. The molecule has 102 valence electrons. The second-order valence-corrected chi connectivity index (χ2v) is 6.26. The van der Waals surface area contributed by atoms with Gasteiger partial charge in [-0.05, 0) is 50.6 Å². The molecule has 1 aliphatic rings. The molecule has 1 rings (SSSR count). The average molecular weight is 239 g/mol. The first-order chi connectivity index (χ1) is 8.11. The molecule has 1 fully saturated rings. The van der Waals surface area contributed by atoms with E-state index in [2.05, 4.69) is 39.6 Å². The Morgan fingerprint density at radius 2 is 2.00 bits per heavy atom. The maximum atomic E-state index is 2.65. The normalized spacial score (nSPS) is 33.4. The maximum Gasteiger partial charge on any atom is 0.0146 e. The third kappa shape index (κ3) is 3.98. The molecule has 1 nitrogen and oxygen atoms in total. The minimum Gasteiger partial charge on any atom is -0.303 e. The lowest BCUT2D eigenvalue weighted by Gasteiger charge is -2.38. The molecular formula is C16H33N. The first kappa shape index (κ1) is 15.0. The topological polar surface area (TPSA) is 3.24 Å². The molecule has 0 spiro atoms. The molecule has 0 aromatic rings. The Labute approximate surface area is 109 Å². The van der Waals surface area contributed by atoms with Gasteiger partial charge in [0.05, 0.1) is 0 Å². The Morgan fingerprint density at radius 1 is 1.29 bits per heavy atom. The van der Waals surface area contributed by atoms with Crippen LogP contribution in [-0.2, 0) is 0 Å². The molecule has 1 heteroatoms. The van der Waals surface area contributed by atoms with Gasteiger partial charge in [0.2, 0.25) is 0 Å². The predicted octanol–water partition coefficient (Wildman–Crippen LogP) is 4.57. The van der Waals surface area contributed by atoms with Gasteiger partial charge >= 0.3 is 0 Å². The maximum absolute atomic E-state index is 2.65. The summed E-state index contributed by atoms with van der Waals surface area (Å²) in [7, 11) is 2.35. The van der Waals surface area contributed by atoms with Crippen molar-refractivity contribution in [2.24, 2.45) is 17.8 Å². The Balaban J connectivity index is 2.68. The summed E-state index contributed by atoms with van der Waals surface area (Å²) in [5.74, 6) is 2.69. The summed E-state index contributed by atoms with van der Waals surface area (Å²) in [5, 5.41) is 0. The van der Waals surface area contributed by atoms with Gasteiger partial charge in [0.1, 0.15) is 0 Å². The van der Waals surface area contributed by atoms with E-state index in [1.54, 1.807) is 0 Å². The SMILES string of the molecule is CCCCC(C)C1C(C)C(CC)CCCN1C. The molecule has 0 bridgehead atoms. The van der Waals surface area contributed by atoms with Crippen LogP contribution in [0.2, 0.25) is 0 Å². The number of hydrogen-bond donors (Lipinski definition) is 0. The predicted molar refractivity (Wildman–Crippen MR) is 77.3 cm³/mol. The fourth-order valence-corrected chi connectivity index (χ4v) is 3.92. The molecule has 0 aromatic heterocycles. The van der Waals surface area contributed by atoms with Crippen molar-refractivity contribution in [1.82, 2.24) is 4.90 Å². The second-order valence-electron chi connectivity index (χ2n) is 6.26. The fourth-order valence-electron chi connectivity index (χ4n) is 3.92. The summed E-state index contributed by atoms with van der Waals surface area (Å²) in [5.41, 5.74) is 0. The van der Waals surface area contributed by atoms with E-state index in [1.165, 1.54) is 45.1 Å². The van der Waals surface area contributed by atoms with Crippen LogP contribution < -0.4 is 0 Å². The molecule has 1 aliphatic heterocycles. The lowest BCUT2D eigenvalue weighted by atomic mass is 9.78. The van der Waals surface area contributed by atoms with Gasteiger partial charge in [-0.2, -0.15) is 0 Å². The van der Waals surface area contributed by atoms with E-state index in [9.17, 15) is 0 Å². The van der Waals surface area contributed by atoms with Crippen LogP contribution in [0.15, 0.2) is 0 Å². The number of rotatable bonds is 5. The molecule has 0 saturated carbocycles. The van der Waals surface area contributed by atoms with Gasteiger partial charge in [-0.1, -0.05) is 47.0 Å². The van der Waals surface area contributed by atoms with E-state index in [0.717, 1.165) is 23.8 Å². The summed E-state index contributed by atoms with van der Waals surface area (Å²) in [6.07, 6.45) is 8.36. The van der Waals surface area contributed by atoms with Crippen LogP contribution in [0.4, 0.5) is 0 Å².